The summed E-state index contributed by atoms with van der Waals surface area (Å²) in [5, 5.41) is 11.2. The number of hydrogen-bond donors (Lipinski definition) is 1. The molecule has 3 rings (SSSR count). The first-order valence-corrected chi connectivity index (χ1v) is 8.59. The zero-order valence-corrected chi connectivity index (χ0v) is 15.2. The van der Waals surface area contributed by atoms with Gasteiger partial charge in [0.1, 0.15) is 0 Å². The van der Waals surface area contributed by atoms with E-state index in [0.717, 1.165) is 16.9 Å². The van der Waals surface area contributed by atoms with Gasteiger partial charge in [0.25, 0.3) is 5.91 Å². The van der Waals surface area contributed by atoms with Crippen LogP contribution in [0.1, 0.15) is 35.8 Å². The van der Waals surface area contributed by atoms with E-state index in [2.05, 4.69) is 29.4 Å². The number of nitrogens with zero attached hydrogens (tertiary/aromatic N) is 3. The Kier molecular flexibility index (Phi) is 5.27. The summed E-state index contributed by atoms with van der Waals surface area (Å²) in [6.45, 7) is 4.19. The van der Waals surface area contributed by atoms with Crippen molar-refractivity contribution in [1.29, 1.82) is 0 Å². The summed E-state index contributed by atoms with van der Waals surface area (Å²) in [5.41, 5.74) is 3.19. The molecule has 1 amide bonds. The Balaban J connectivity index is 1.76. The van der Waals surface area contributed by atoms with Gasteiger partial charge in [-0.1, -0.05) is 50.2 Å². The van der Waals surface area contributed by atoms with E-state index in [-0.39, 0.29) is 11.6 Å². The topological polar surface area (TPSA) is 58.1 Å². The SMILES string of the molecule is CC(C)c1ccccc1NC(=O)c1ccc(N(C)c2ccccc2)nn1. The van der Waals surface area contributed by atoms with Crippen LogP contribution >= 0.6 is 0 Å². The molecule has 0 bridgehead atoms. The zero-order valence-electron chi connectivity index (χ0n) is 15.2. The molecule has 0 fully saturated rings. The fourth-order valence-corrected chi connectivity index (χ4v) is 2.71. The van der Waals surface area contributed by atoms with Gasteiger partial charge in [0.05, 0.1) is 0 Å². The minimum absolute atomic E-state index is 0.264. The summed E-state index contributed by atoms with van der Waals surface area (Å²) in [6.07, 6.45) is 0. The summed E-state index contributed by atoms with van der Waals surface area (Å²) in [5.74, 6) is 0.731. The molecule has 0 saturated carbocycles. The molecule has 0 saturated heterocycles. The van der Waals surface area contributed by atoms with Crippen molar-refractivity contribution in [2.75, 3.05) is 17.3 Å². The number of hydrogen-bond acceptors (Lipinski definition) is 4. The Labute approximate surface area is 153 Å². The van der Waals surface area contributed by atoms with Crippen LogP contribution in [0, 0.1) is 0 Å². The predicted molar refractivity (Wildman–Crippen MR) is 105 cm³/mol. The van der Waals surface area contributed by atoms with E-state index in [1.54, 1.807) is 12.1 Å². The van der Waals surface area contributed by atoms with Gasteiger partial charge in [-0.15, -0.1) is 10.2 Å². The van der Waals surface area contributed by atoms with Gasteiger partial charge in [0, 0.05) is 18.4 Å². The van der Waals surface area contributed by atoms with Crippen LogP contribution in [0.25, 0.3) is 0 Å². The molecule has 132 valence electrons. The van der Waals surface area contributed by atoms with E-state index in [4.69, 9.17) is 0 Å². The van der Waals surface area contributed by atoms with Gasteiger partial charge in [-0.05, 0) is 41.8 Å². The number of amides is 1. The largest absolute Gasteiger partial charge is 0.328 e. The van der Waals surface area contributed by atoms with Crippen LogP contribution in [-0.2, 0) is 0 Å². The summed E-state index contributed by atoms with van der Waals surface area (Å²) < 4.78 is 0. The smallest absolute Gasteiger partial charge is 0.276 e. The summed E-state index contributed by atoms with van der Waals surface area (Å²) in [7, 11) is 1.91. The van der Waals surface area contributed by atoms with E-state index in [0.29, 0.717) is 11.7 Å². The van der Waals surface area contributed by atoms with E-state index < -0.39 is 0 Å². The number of benzene rings is 2. The van der Waals surface area contributed by atoms with Crippen LogP contribution < -0.4 is 10.2 Å². The van der Waals surface area contributed by atoms with Crippen LogP contribution in [-0.4, -0.2) is 23.2 Å². The van der Waals surface area contributed by atoms with Gasteiger partial charge < -0.3 is 10.2 Å². The first-order chi connectivity index (χ1) is 12.6. The van der Waals surface area contributed by atoms with E-state index >= 15 is 0 Å². The van der Waals surface area contributed by atoms with Gasteiger partial charge >= 0.3 is 0 Å². The highest BCUT2D eigenvalue weighted by Crippen LogP contribution is 2.24. The number of aromatic nitrogens is 2. The highest BCUT2D eigenvalue weighted by Gasteiger charge is 2.13. The lowest BCUT2D eigenvalue weighted by Crippen LogP contribution is -2.17. The Morgan fingerprint density at radius 3 is 2.27 bits per heavy atom. The van der Waals surface area contributed by atoms with Crippen LogP contribution in [0.15, 0.2) is 66.7 Å². The number of para-hydroxylation sites is 2. The van der Waals surface area contributed by atoms with Crippen molar-refractivity contribution in [2.24, 2.45) is 0 Å². The maximum Gasteiger partial charge on any atom is 0.276 e. The molecule has 1 N–H and O–H groups in total. The molecule has 0 atom stereocenters. The van der Waals surface area contributed by atoms with Crippen molar-refractivity contribution < 1.29 is 4.79 Å². The maximum absolute atomic E-state index is 12.5. The standard InChI is InChI=1S/C21H22N4O/c1-15(2)17-11-7-8-12-18(17)22-21(26)19-13-14-20(24-23-19)25(3)16-9-5-4-6-10-16/h4-15H,1-3H3,(H,22,26). The fourth-order valence-electron chi connectivity index (χ4n) is 2.71. The van der Waals surface area contributed by atoms with Gasteiger partial charge in [0.15, 0.2) is 11.5 Å². The van der Waals surface area contributed by atoms with Gasteiger partial charge in [-0.25, -0.2) is 0 Å². The molecule has 1 heterocycles. The molecule has 0 unspecified atom stereocenters. The van der Waals surface area contributed by atoms with Crippen molar-refractivity contribution in [2.45, 2.75) is 19.8 Å². The lowest BCUT2D eigenvalue weighted by molar-refractivity contribution is 0.102. The average molecular weight is 346 g/mol. The van der Waals surface area contributed by atoms with Crippen molar-refractivity contribution >= 4 is 23.1 Å². The number of carbonyl (C=O) groups is 1. The molecule has 1 aromatic heterocycles. The van der Waals surface area contributed by atoms with Crippen LogP contribution in [0.3, 0.4) is 0 Å². The fraction of sp³-hybridized carbons (Fsp3) is 0.190. The van der Waals surface area contributed by atoms with Crippen molar-refractivity contribution in [3.8, 4) is 0 Å². The van der Waals surface area contributed by atoms with E-state index in [1.807, 2.05) is 66.5 Å². The molecule has 0 spiro atoms. The Morgan fingerprint density at radius 2 is 1.62 bits per heavy atom. The second-order valence-corrected chi connectivity index (χ2v) is 6.37. The number of carbonyl (C=O) groups excluding carboxylic acids is 1. The Hall–Kier alpha value is -3.21. The van der Waals surface area contributed by atoms with Crippen molar-refractivity contribution in [3.05, 3.63) is 78.0 Å². The minimum atomic E-state index is -0.264. The lowest BCUT2D eigenvalue weighted by Gasteiger charge is -2.17. The van der Waals surface area contributed by atoms with Crippen molar-refractivity contribution in [3.63, 3.8) is 0 Å². The third-order valence-corrected chi connectivity index (χ3v) is 4.20. The highest BCUT2D eigenvalue weighted by molar-refractivity contribution is 6.03. The summed E-state index contributed by atoms with van der Waals surface area (Å²) >= 11 is 0. The van der Waals surface area contributed by atoms with Crippen molar-refractivity contribution in [1.82, 2.24) is 10.2 Å². The highest BCUT2D eigenvalue weighted by atomic mass is 16.1. The molecule has 3 aromatic rings. The molecule has 0 radical (unpaired) electrons. The molecule has 5 nitrogen and oxygen atoms in total. The monoisotopic (exact) mass is 346 g/mol. The first kappa shape index (κ1) is 17.6. The maximum atomic E-state index is 12.5. The number of anilines is 3. The molecule has 0 aliphatic rings. The Bertz CT molecular complexity index is 876. The quantitative estimate of drug-likeness (QED) is 0.732. The summed E-state index contributed by atoms with van der Waals surface area (Å²) in [4.78, 5) is 14.4. The van der Waals surface area contributed by atoms with E-state index in [1.165, 1.54) is 0 Å². The minimum Gasteiger partial charge on any atom is -0.328 e. The molecular formula is C21H22N4O. The third-order valence-electron chi connectivity index (χ3n) is 4.20. The molecule has 26 heavy (non-hydrogen) atoms. The molecule has 0 aliphatic heterocycles. The average Bonchev–Trinajstić information content (AvgIpc) is 2.68. The molecular weight excluding hydrogens is 324 g/mol. The second kappa shape index (κ2) is 7.78. The Morgan fingerprint density at radius 1 is 0.923 bits per heavy atom. The van der Waals surface area contributed by atoms with Gasteiger partial charge in [0.2, 0.25) is 0 Å². The molecule has 2 aromatic carbocycles. The first-order valence-electron chi connectivity index (χ1n) is 8.59. The summed E-state index contributed by atoms with van der Waals surface area (Å²) in [6, 6.07) is 21.2. The number of nitrogens with one attached hydrogen (secondary N) is 1. The lowest BCUT2D eigenvalue weighted by atomic mass is 10.0. The number of rotatable bonds is 5. The predicted octanol–water partition coefficient (Wildman–Crippen LogP) is 4.62. The normalized spacial score (nSPS) is 10.6. The van der Waals surface area contributed by atoms with Crippen LogP contribution in [0.5, 0.6) is 0 Å². The van der Waals surface area contributed by atoms with Crippen LogP contribution in [0.4, 0.5) is 17.2 Å². The molecule has 5 heteroatoms. The molecule has 0 aliphatic carbocycles. The van der Waals surface area contributed by atoms with Crippen LogP contribution in [0.2, 0.25) is 0 Å². The zero-order chi connectivity index (χ0) is 18.5. The van der Waals surface area contributed by atoms with Gasteiger partial charge in [-0.2, -0.15) is 0 Å². The van der Waals surface area contributed by atoms with E-state index in [9.17, 15) is 4.79 Å². The second-order valence-electron chi connectivity index (χ2n) is 6.37. The van der Waals surface area contributed by atoms with Gasteiger partial charge in [-0.3, -0.25) is 4.79 Å². The third kappa shape index (κ3) is 3.88.